The Hall–Kier alpha value is -0.0800. The first kappa shape index (κ1) is 20.9. The Labute approximate surface area is 134 Å². The summed E-state index contributed by atoms with van der Waals surface area (Å²) in [5.41, 5.74) is 0. The predicted octanol–water partition coefficient (Wildman–Crippen LogP) is 5.74. The molecule has 0 aromatic rings. The summed E-state index contributed by atoms with van der Waals surface area (Å²) in [6.45, 7) is 8.77. The fraction of sp³-hybridized carbons (Fsp3) is 1.00. The summed E-state index contributed by atoms with van der Waals surface area (Å²) in [6.07, 6.45) is 16.6. The molecule has 128 valence electrons. The average Bonchev–Trinajstić information content (AvgIpc) is 2.51. The van der Waals surface area contributed by atoms with E-state index in [1.165, 1.54) is 77.0 Å². The van der Waals surface area contributed by atoms with Gasteiger partial charge in [-0.1, -0.05) is 85.0 Å². The number of rotatable bonds is 16. The van der Waals surface area contributed by atoms with E-state index in [0.29, 0.717) is 0 Å². The summed E-state index contributed by atoms with van der Waals surface area (Å²) in [7, 11) is 0. The molecule has 2 heteroatoms. The minimum absolute atomic E-state index is 0.226. The quantitative estimate of drug-likeness (QED) is 0.290. The zero-order chi connectivity index (χ0) is 15.8. The molecule has 0 aliphatic rings. The van der Waals surface area contributed by atoms with Crippen molar-refractivity contribution < 1.29 is 5.11 Å². The van der Waals surface area contributed by atoms with Crippen LogP contribution < -0.4 is 0 Å². The highest BCUT2D eigenvalue weighted by atomic mass is 16.3. The molecule has 21 heavy (non-hydrogen) atoms. The molecule has 0 aromatic heterocycles. The maximum Gasteiger partial charge on any atom is 0.107 e. The number of hydrogen-bond acceptors (Lipinski definition) is 2. The molecular formula is C19H41NO. The fourth-order valence-corrected chi connectivity index (χ4v) is 2.86. The van der Waals surface area contributed by atoms with Crippen molar-refractivity contribution in [1.82, 2.24) is 4.90 Å². The monoisotopic (exact) mass is 299 g/mol. The molecule has 2 nitrogen and oxygen atoms in total. The van der Waals surface area contributed by atoms with Crippen LogP contribution in [-0.2, 0) is 0 Å². The van der Waals surface area contributed by atoms with Gasteiger partial charge in [0.25, 0.3) is 0 Å². The Morgan fingerprint density at radius 1 is 0.619 bits per heavy atom. The lowest BCUT2D eigenvalue weighted by Crippen LogP contribution is -2.36. The van der Waals surface area contributed by atoms with Gasteiger partial charge in [-0.15, -0.1) is 0 Å². The van der Waals surface area contributed by atoms with Gasteiger partial charge in [-0.3, -0.25) is 4.90 Å². The van der Waals surface area contributed by atoms with E-state index in [1.54, 1.807) is 0 Å². The second-order valence-electron chi connectivity index (χ2n) is 6.46. The maximum atomic E-state index is 10.1. The van der Waals surface area contributed by atoms with Crippen LogP contribution >= 0.6 is 0 Å². The van der Waals surface area contributed by atoms with Crippen molar-refractivity contribution in [2.24, 2.45) is 0 Å². The molecule has 0 aromatic carbocycles. The van der Waals surface area contributed by atoms with Crippen molar-refractivity contribution in [1.29, 1.82) is 0 Å². The molecule has 0 radical (unpaired) electrons. The van der Waals surface area contributed by atoms with Gasteiger partial charge in [-0.2, -0.15) is 0 Å². The maximum absolute atomic E-state index is 10.1. The molecule has 0 aliphatic carbocycles. The van der Waals surface area contributed by atoms with E-state index >= 15 is 0 Å². The normalized spacial score (nSPS) is 13.0. The molecule has 0 spiro atoms. The lowest BCUT2D eigenvalue weighted by Gasteiger charge is -2.27. The summed E-state index contributed by atoms with van der Waals surface area (Å²) >= 11 is 0. The SMILES string of the molecule is CCCCCCCCN(CCCCCCCC)C(O)CC. The van der Waals surface area contributed by atoms with Gasteiger partial charge in [0, 0.05) is 13.1 Å². The van der Waals surface area contributed by atoms with Crippen molar-refractivity contribution in [2.45, 2.75) is 110 Å². The molecule has 0 fully saturated rings. The van der Waals surface area contributed by atoms with Crippen molar-refractivity contribution in [3.63, 3.8) is 0 Å². The number of aliphatic hydroxyl groups excluding tert-OH is 1. The van der Waals surface area contributed by atoms with E-state index in [-0.39, 0.29) is 6.23 Å². The van der Waals surface area contributed by atoms with Gasteiger partial charge in [0.1, 0.15) is 6.23 Å². The molecule has 0 saturated carbocycles. The van der Waals surface area contributed by atoms with Crippen LogP contribution in [0.1, 0.15) is 104 Å². The third-order valence-electron chi connectivity index (χ3n) is 4.38. The first-order chi connectivity index (χ1) is 10.3. The highest BCUT2D eigenvalue weighted by Gasteiger charge is 2.12. The Morgan fingerprint density at radius 3 is 1.38 bits per heavy atom. The number of hydrogen-bond donors (Lipinski definition) is 1. The minimum Gasteiger partial charge on any atom is -0.378 e. The van der Waals surface area contributed by atoms with Gasteiger partial charge < -0.3 is 5.11 Å². The van der Waals surface area contributed by atoms with Gasteiger partial charge >= 0.3 is 0 Å². The van der Waals surface area contributed by atoms with Crippen molar-refractivity contribution in [3.05, 3.63) is 0 Å². The minimum atomic E-state index is -0.226. The van der Waals surface area contributed by atoms with Crippen LogP contribution in [0.15, 0.2) is 0 Å². The van der Waals surface area contributed by atoms with Crippen molar-refractivity contribution >= 4 is 0 Å². The summed E-state index contributed by atoms with van der Waals surface area (Å²) in [6, 6.07) is 0. The summed E-state index contributed by atoms with van der Waals surface area (Å²) < 4.78 is 0. The molecular weight excluding hydrogens is 258 g/mol. The van der Waals surface area contributed by atoms with Gasteiger partial charge in [-0.05, 0) is 19.3 Å². The molecule has 0 rings (SSSR count). The average molecular weight is 300 g/mol. The van der Waals surface area contributed by atoms with Gasteiger partial charge in [0.05, 0.1) is 0 Å². The third kappa shape index (κ3) is 13.3. The predicted molar refractivity (Wildman–Crippen MR) is 94.6 cm³/mol. The second-order valence-corrected chi connectivity index (χ2v) is 6.46. The first-order valence-electron chi connectivity index (χ1n) is 9.68. The van der Waals surface area contributed by atoms with E-state index < -0.39 is 0 Å². The Balaban J connectivity index is 3.67. The van der Waals surface area contributed by atoms with E-state index in [4.69, 9.17) is 0 Å². The zero-order valence-corrected chi connectivity index (χ0v) is 15.1. The standard InChI is InChI=1S/C19H41NO/c1-4-7-9-11-13-15-17-20(19(21)6-3)18-16-14-12-10-8-5-2/h19,21H,4-18H2,1-3H3. The molecule has 1 N–H and O–H groups in total. The van der Waals surface area contributed by atoms with E-state index in [2.05, 4.69) is 25.7 Å². The van der Waals surface area contributed by atoms with E-state index in [0.717, 1.165) is 19.5 Å². The fourth-order valence-electron chi connectivity index (χ4n) is 2.86. The van der Waals surface area contributed by atoms with Gasteiger partial charge in [-0.25, -0.2) is 0 Å². The third-order valence-corrected chi connectivity index (χ3v) is 4.38. The summed E-state index contributed by atoms with van der Waals surface area (Å²) in [4.78, 5) is 2.31. The smallest absolute Gasteiger partial charge is 0.107 e. The largest absolute Gasteiger partial charge is 0.378 e. The molecule has 0 aliphatic heterocycles. The van der Waals surface area contributed by atoms with Crippen LogP contribution in [0.4, 0.5) is 0 Å². The lowest BCUT2D eigenvalue weighted by atomic mass is 10.1. The summed E-state index contributed by atoms with van der Waals surface area (Å²) in [5.74, 6) is 0. The Morgan fingerprint density at radius 2 is 1.00 bits per heavy atom. The van der Waals surface area contributed by atoms with Crippen LogP contribution in [0.3, 0.4) is 0 Å². The number of unbranched alkanes of at least 4 members (excludes halogenated alkanes) is 10. The topological polar surface area (TPSA) is 23.5 Å². The van der Waals surface area contributed by atoms with Crippen molar-refractivity contribution in [3.8, 4) is 0 Å². The summed E-state index contributed by atoms with van der Waals surface area (Å²) in [5, 5.41) is 10.1. The van der Waals surface area contributed by atoms with Crippen molar-refractivity contribution in [2.75, 3.05) is 13.1 Å². The van der Waals surface area contributed by atoms with Crippen LogP contribution in [-0.4, -0.2) is 29.3 Å². The Bertz CT molecular complexity index is 180. The second kappa shape index (κ2) is 16.3. The van der Waals surface area contributed by atoms with Crippen LogP contribution in [0.25, 0.3) is 0 Å². The van der Waals surface area contributed by atoms with E-state index in [1.807, 2.05) is 0 Å². The molecule has 0 bridgehead atoms. The molecule has 1 atom stereocenters. The zero-order valence-electron chi connectivity index (χ0n) is 15.1. The van der Waals surface area contributed by atoms with Gasteiger partial charge in [0.2, 0.25) is 0 Å². The van der Waals surface area contributed by atoms with Crippen LogP contribution in [0.5, 0.6) is 0 Å². The highest BCUT2D eigenvalue weighted by Crippen LogP contribution is 2.11. The van der Waals surface area contributed by atoms with Crippen LogP contribution in [0.2, 0.25) is 0 Å². The first-order valence-corrected chi connectivity index (χ1v) is 9.68. The highest BCUT2D eigenvalue weighted by molar-refractivity contribution is 4.62. The van der Waals surface area contributed by atoms with Crippen LogP contribution in [0, 0.1) is 0 Å². The molecule has 1 unspecified atom stereocenters. The molecule has 0 amide bonds. The lowest BCUT2D eigenvalue weighted by molar-refractivity contribution is -0.00100. The molecule has 0 heterocycles. The Kier molecular flexibility index (Phi) is 16.2. The number of nitrogens with zero attached hydrogens (tertiary/aromatic N) is 1. The van der Waals surface area contributed by atoms with E-state index in [9.17, 15) is 5.11 Å². The van der Waals surface area contributed by atoms with Gasteiger partial charge in [0.15, 0.2) is 0 Å². The number of aliphatic hydroxyl groups is 1. The molecule has 0 saturated heterocycles.